The lowest BCUT2D eigenvalue weighted by atomic mass is 9.77. The summed E-state index contributed by atoms with van der Waals surface area (Å²) < 4.78 is 0.0919. The lowest BCUT2D eigenvalue weighted by Gasteiger charge is -2.31. The molecule has 0 aliphatic rings. The van der Waals surface area contributed by atoms with Gasteiger partial charge in [0, 0.05) is 10.00 Å². The molecule has 0 radical (unpaired) electrons. The Kier molecular flexibility index (Phi) is 8.47. The van der Waals surface area contributed by atoms with E-state index in [1.165, 1.54) is 41.5 Å². The van der Waals surface area contributed by atoms with E-state index in [0.29, 0.717) is 16.6 Å². The molecule has 0 fully saturated rings. The minimum Gasteiger partial charge on any atom is -0.143 e. The van der Waals surface area contributed by atoms with Crippen molar-refractivity contribution in [1.29, 1.82) is 0 Å². The second-order valence-corrected chi connectivity index (χ2v) is 11.2. The average Bonchev–Trinajstić information content (AvgIpc) is 2.76. The predicted octanol–water partition coefficient (Wildman–Crippen LogP) is 9.40. The first-order valence-corrected chi connectivity index (χ1v) is 12.5. The van der Waals surface area contributed by atoms with Crippen molar-refractivity contribution < 1.29 is 0 Å². The third-order valence-corrected chi connectivity index (χ3v) is 8.85. The smallest absolute Gasteiger partial charge is 0.0358 e. The fourth-order valence-corrected chi connectivity index (χ4v) is 5.46. The van der Waals surface area contributed by atoms with Gasteiger partial charge >= 0.3 is 0 Å². The SMILES string of the molecule is CCC(C)c1ccc(C(C)(C)SC(CC)c2ccc(C(C)(CC)CC)cc2)cc1. The van der Waals surface area contributed by atoms with Crippen LogP contribution in [0.25, 0.3) is 0 Å². The van der Waals surface area contributed by atoms with Crippen LogP contribution < -0.4 is 0 Å². The van der Waals surface area contributed by atoms with E-state index in [1.807, 2.05) is 0 Å². The van der Waals surface area contributed by atoms with Crippen LogP contribution in [0.2, 0.25) is 0 Å². The molecule has 0 spiro atoms. The molecular formula is C28H42S. The molecule has 2 unspecified atom stereocenters. The molecule has 0 aromatic heterocycles. The Hall–Kier alpha value is -1.21. The van der Waals surface area contributed by atoms with Crippen molar-refractivity contribution >= 4 is 11.8 Å². The second-order valence-electron chi connectivity index (χ2n) is 9.35. The van der Waals surface area contributed by atoms with Crippen molar-refractivity contribution in [3.63, 3.8) is 0 Å². The molecule has 0 saturated heterocycles. The van der Waals surface area contributed by atoms with Gasteiger partial charge in [-0.2, -0.15) is 0 Å². The van der Waals surface area contributed by atoms with Gasteiger partial charge in [-0.25, -0.2) is 0 Å². The Morgan fingerprint density at radius 3 is 1.62 bits per heavy atom. The van der Waals surface area contributed by atoms with Gasteiger partial charge in [-0.15, -0.1) is 11.8 Å². The minimum absolute atomic E-state index is 0.0919. The number of rotatable bonds is 10. The maximum atomic E-state index is 2.39. The zero-order valence-corrected chi connectivity index (χ0v) is 20.8. The summed E-state index contributed by atoms with van der Waals surface area (Å²) in [5.41, 5.74) is 6.11. The molecule has 0 bridgehead atoms. The summed E-state index contributed by atoms with van der Waals surface area (Å²) in [5.74, 6) is 0.638. The third-order valence-electron chi connectivity index (χ3n) is 7.14. The van der Waals surface area contributed by atoms with Gasteiger partial charge in [0.25, 0.3) is 0 Å². The summed E-state index contributed by atoms with van der Waals surface area (Å²) in [6.07, 6.45) is 4.72. The fraction of sp³-hybridized carbons (Fsp3) is 0.571. The van der Waals surface area contributed by atoms with Crippen LogP contribution in [0.1, 0.15) is 114 Å². The summed E-state index contributed by atoms with van der Waals surface area (Å²) in [5, 5.41) is 0.516. The topological polar surface area (TPSA) is 0 Å². The third kappa shape index (κ3) is 5.69. The lowest BCUT2D eigenvalue weighted by molar-refractivity contribution is 0.439. The summed E-state index contributed by atoms with van der Waals surface area (Å²) in [6, 6.07) is 18.9. The molecule has 2 aromatic carbocycles. The Morgan fingerprint density at radius 1 is 0.690 bits per heavy atom. The maximum absolute atomic E-state index is 2.39. The number of hydrogen-bond donors (Lipinski definition) is 0. The van der Waals surface area contributed by atoms with E-state index in [2.05, 4.69) is 116 Å². The zero-order chi connectivity index (χ0) is 21.7. The van der Waals surface area contributed by atoms with E-state index in [0.717, 1.165) is 6.42 Å². The van der Waals surface area contributed by atoms with E-state index in [1.54, 1.807) is 0 Å². The van der Waals surface area contributed by atoms with Gasteiger partial charge in [0.1, 0.15) is 0 Å². The molecule has 0 heterocycles. The number of thioether (sulfide) groups is 1. The van der Waals surface area contributed by atoms with Crippen LogP contribution in [0.3, 0.4) is 0 Å². The zero-order valence-electron chi connectivity index (χ0n) is 20.0. The molecule has 0 aliphatic carbocycles. The first kappa shape index (κ1) is 24.1. The molecule has 160 valence electrons. The van der Waals surface area contributed by atoms with E-state index >= 15 is 0 Å². The van der Waals surface area contributed by atoms with Gasteiger partial charge in [0.2, 0.25) is 0 Å². The molecule has 29 heavy (non-hydrogen) atoms. The van der Waals surface area contributed by atoms with Crippen molar-refractivity contribution in [2.45, 2.75) is 102 Å². The predicted molar refractivity (Wildman–Crippen MR) is 133 cm³/mol. The minimum atomic E-state index is 0.0919. The first-order chi connectivity index (χ1) is 13.7. The normalized spacial score (nSPS) is 14.6. The number of benzene rings is 2. The largest absolute Gasteiger partial charge is 0.143 e. The second kappa shape index (κ2) is 10.2. The Bertz CT molecular complexity index is 735. The Labute approximate surface area is 184 Å². The van der Waals surface area contributed by atoms with Gasteiger partial charge in [-0.05, 0) is 73.1 Å². The highest BCUT2D eigenvalue weighted by Crippen LogP contribution is 2.47. The monoisotopic (exact) mass is 410 g/mol. The first-order valence-electron chi connectivity index (χ1n) is 11.6. The molecular weight excluding hydrogens is 368 g/mol. The van der Waals surface area contributed by atoms with Crippen LogP contribution in [0, 0.1) is 0 Å². The standard InChI is InChI=1S/C28H42S/c1-9-21(5)22-13-17-24(18-14-22)27(6,7)29-26(10-2)23-15-19-25(20-16-23)28(8,11-3)12-4/h13-21,26H,9-12H2,1-8H3. The van der Waals surface area contributed by atoms with E-state index in [9.17, 15) is 0 Å². The average molecular weight is 411 g/mol. The van der Waals surface area contributed by atoms with Crippen molar-refractivity contribution in [2.75, 3.05) is 0 Å². The van der Waals surface area contributed by atoms with Gasteiger partial charge < -0.3 is 0 Å². The summed E-state index contributed by atoms with van der Waals surface area (Å²) >= 11 is 2.10. The quantitative estimate of drug-likeness (QED) is 0.376. The molecule has 0 nitrogen and oxygen atoms in total. The van der Waals surface area contributed by atoms with Gasteiger partial charge in [-0.3, -0.25) is 0 Å². The summed E-state index contributed by atoms with van der Waals surface area (Å²) in [4.78, 5) is 0. The molecule has 0 N–H and O–H groups in total. The van der Waals surface area contributed by atoms with Crippen molar-refractivity contribution in [3.05, 3.63) is 70.8 Å². The van der Waals surface area contributed by atoms with Crippen LogP contribution in [0.5, 0.6) is 0 Å². The fourth-order valence-electron chi connectivity index (χ4n) is 4.02. The van der Waals surface area contributed by atoms with Crippen LogP contribution in [0.15, 0.2) is 48.5 Å². The molecule has 2 rings (SSSR count). The maximum Gasteiger partial charge on any atom is 0.0358 e. The number of hydrogen-bond acceptors (Lipinski definition) is 1. The lowest BCUT2D eigenvalue weighted by Crippen LogP contribution is -2.19. The van der Waals surface area contributed by atoms with Crippen molar-refractivity contribution in [1.82, 2.24) is 0 Å². The highest BCUT2D eigenvalue weighted by molar-refractivity contribution is 8.00. The molecule has 0 saturated carbocycles. The molecule has 2 atom stereocenters. The molecule has 0 amide bonds. The van der Waals surface area contributed by atoms with Gasteiger partial charge in [0.15, 0.2) is 0 Å². The molecule has 0 aliphatic heterocycles. The Morgan fingerprint density at radius 2 is 1.17 bits per heavy atom. The van der Waals surface area contributed by atoms with Crippen LogP contribution in [0.4, 0.5) is 0 Å². The van der Waals surface area contributed by atoms with Gasteiger partial charge in [0.05, 0.1) is 0 Å². The summed E-state index contributed by atoms with van der Waals surface area (Å²) in [6.45, 7) is 18.6. The molecule has 1 heteroatoms. The molecule has 2 aromatic rings. The highest BCUT2D eigenvalue weighted by atomic mass is 32.2. The van der Waals surface area contributed by atoms with Crippen molar-refractivity contribution in [3.8, 4) is 0 Å². The van der Waals surface area contributed by atoms with E-state index in [4.69, 9.17) is 0 Å². The summed E-state index contributed by atoms with van der Waals surface area (Å²) in [7, 11) is 0. The van der Waals surface area contributed by atoms with Gasteiger partial charge in [-0.1, -0.05) is 90.1 Å². The Balaban J connectivity index is 2.19. The van der Waals surface area contributed by atoms with Crippen molar-refractivity contribution in [2.24, 2.45) is 0 Å². The van der Waals surface area contributed by atoms with Crippen LogP contribution in [-0.2, 0) is 10.2 Å². The van der Waals surface area contributed by atoms with Crippen LogP contribution >= 0.6 is 11.8 Å². The van der Waals surface area contributed by atoms with E-state index < -0.39 is 0 Å². The van der Waals surface area contributed by atoms with Crippen LogP contribution in [-0.4, -0.2) is 0 Å². The highest BCUT2D eigenvalue weighted by Gasteiger charge is 2.27. The van der Waals surface area contributed by atoms with E-state index in [-0.39, 0.29) is 4.75 Å².